The number of rotatable bonds is 1. The average Bonchev–Trinajstić information content (AvgIpc) is 2.63. The van der Waals surface area contributed by atoms with E-state index in [2.05, 4.69) is 0 Å². The number of hydrogen-bond donors (Lipinski definition) is 1. The molecule has 1 aliphatic rings. The Labute approximate surface area is 74.2 Å². The number of carbonyl (C=O) groups excluding carboxylic acids is 2. The van der Waals surface area contributed by atoms with E-state index in [-0.39, 0.29) is 12.3 Å². The first-order chi connectivity index (χ1) is 6.20. The first kappa shape index (κ1) is 8.00. The maximum absolute atomic E-state index is 11.2. The highest BCUT2D eigenvalue weighted by Crippen LogP contribution is 2.11. The lowest BCUT2D eigenvalue weighted by atomic mass is 10.3. The van der Waals surface area contributed by atoms with Gasteiger partial charge in [0.05, 0.1) is 6.42 Å². The van der Waals surface area contributed by atoms with Crippen LogP contribution in [0.4, 0.5) is 0 Å². The number of nitrogens with zero attached hydrogens (tertiary/aromatic N) is 2. The van der Waals surface area contributed by atoms with E-state index < -0.39 is 12.0 Å². The van der Waals surface area contributed by atoms with Gasteiger partial charge in [0.15, 0.2) is 0 Å². The molecule has 1 aromatic rings. The molecule has 1 unspecified atom stereocenters. The number of amides is 2. The van der Waals surface area contributed by atoms with Crippen LogP contribution in [0.1, 0.15) is 6.42 Å². The molecule has 2 amide bonds. The number of imide groups is 1. The molecule has 0 radical (unpaired) electrons. The Balaban J connectivity index is 2.34. The molecule has 2 heterocycles. The fraction of sp³-hybridized carbons (Fsp3) is 0.250. The summed E-state index contributed by atoms with van der Waals surface area (Å²) in [6, 6.07) is 3.40. The number of aliphatic hydroxyl groups is 1. The molecule has 5 nitrogen and oxygen atoms in total. The van der Waals surface area contributed by atoms with Gasteiger partial charge in [-0.15, -0.1) is 0 Å². The molecule has 0 aliphatic carbocycles. The van der Waals surface area contributed by atoms with Crippen molar-refractivity contribution in [3.05, 3.63) is 24.5 Å². The molecule has 0 spiro atoms. The zero-order valence-corrected chi connectivity index (χ0v) is 6.75. The van der Waals surface area contributed by atoms with Crippen LogP contribution in [-0.2, 0) is 9.59 Å². The minimum Gasteiger partial charge on any atom is -0.383 e. The van der Waals surface area contributed by atoms with Crippen molar-refractivity contribution in [1.82, 2.24) is 4.68 Å². The Bertz CT molecular complexity index is 344. The van der Waals surface area contributed by atoms with Crippen molar-refractivity contribution >= 4 is 11.8 Å². The quantitative estimate of drug-likeness (QED) is 0.578. The average molecular weight is 180 g/mol. The lowest BCUT2D eigenvalue weighted by Gasteiger charge is -2.14. The lowest BCUT2D eigenvalue weighted by molar-refractivity contribution is -0.126. The molecule has 2 rings (SSSR count). The summed E-state index contributed by atoms with van der Waals surface area (Å²) in [4.78, 5) is 22.5. The van der Waals surface area contributed by atoms with Gasteiger partial charge in [0, 0.05) is 12.4 Å². The highest BCUT2D eigenvalue weighted by atomic mass is 16.3. The summed E-state index contributed by atoms with van der Waals surface area (Å²) < 4.78 is 1.36. The Kier molecular flexibility index (Phi) is 1.66. The predicted molar refractivity (Wildman–Crippen MR) is 43.3 cm³/mol. The summed E-state index contributed by atoms with van der Waals surface area (Å²) in [5, 5.41) is 10.0. The Hall–Kier alpha value is -1.62. The third-order valence-electron chi connectivity index (χ3n) is 1.92. The topological polar surface area (TPSA) is 62.5 Å². The molecule has 1 saturated heterocycles. The van der Waals surface area contributed by atoms with Crippen LogP contribution in [0.25, 0.3) is 0 Å². The van der Waals surface area contributed by atoms with Gasteiger partial charge in [-0.25, -0.2) is 0 Å². The SMILES string of the molecule is O=C1CC(O)C(=O)N1n1cccc1. The van der Waals surface area contributed by atoms with Gasteiger partial charge in [-0.2, -0.15) is 5.01 Å². The van der Waals surface area contributed by atoms with Crippen LogP contribution in [0.5, 0.6) is 0 Å². The van der Waals surface area contributed by atoms with Crippen LogP contribution in [0, 0.1) is 0 Å². The normalized spacial score (nSPS) is 22.8. The van der Waals surface area contributed by atoms with E-state index in [4.69, 9.17) is 5.11 Å². The fourth-order valence-corrected chi connectivity index (χ4v) is 1.30. The molecule has 13 heavy (non-hydrogen) atoms. The molecule has 1 fully saturated rings. The van der Waals surface area contributed by atoms with Crippen molar-refractivity contribution < 1.29 is 14.7 Å². The number of aromatic nitrogens is 1. The monoisotopic (exact) mass is 180 g/mol. The molecule has 0 saturated carbocycles. The Morgan fingerprint density at radius 3 is 2.38 bits per heavy atom. The highest BCUT2D eigenvalue weighted by Gasteiger charge is 2.38. The maximum Gasteiger partial charge on any atom is 0.277 e. The molecule has 1 aliphatic heterocycles. The van der Waals surface area contributed by atoms with Crippen LogP contribution < -0.4 is 5.01 Å². The second-order valence-electron chi connectivity index (χ2n) is 2.83. The van der Waals surface area contributed by atoms with Gasteiger partial charge in [-0.05, 0) is 12.1 Å². The second-order valence-corrected chi connectivity index (χ2v) is 2.83. The van der Waals surface area contributed by atoms with Crippen molar-refractivity contribution in [2.24, 2.45) is 0 Å². The number of carbonyl (C=O) groups is 2. The summed E-state index contributed by atoms with van der Waals surface area (Å²) in [7, 11) is 0. The number of aliphatic hydroxyl groups excluding tert-OH is 1. The Morgan fingerprint density at radius 1 is 1.31 bits per heavy atom. The highest BCUT2D eigenvalue weighted by molar-refractivity contribution is 6.16. The van der Waals surface area contributed by atoms with Gasteiger partial charge in [-0.1, -0.05) is 0 Å². The molecule has 1 N–H and O–H groups in total. The van der Waals surface area contributed by atoms with Crippen molar-refractivity contribution in [1.29, 1.82) is 0 Å². The van der Waals surface area contributed by atoms with Crippen molar-refractivity contribution in [3.63, 3.8) is 0 Å². The van der Waals surface area contributed by atoms with E-state index in [0.29, 0.717) is 0 Å². The van der Waals surface area contributed by atoms with Crippen molar-refractivity contribution in [3.8, 4) is 0 Å². The molecule has 68 valence electrons. The van der Waals surface area contributed by atoms with Gasteiger partial charge in [-0.3, -0.25) is 14.3 Å². The van der Waals surface area contributed by atoms with E-state index in [0.717, 1.165) is 5.01 Å². The van der Waals surface area contributed by atoms with Gasteiger partial charge < -0.3 is 5.11 Å². The molecule has 0 aromatic carbocycles. The van der Waals surface area contributed by atoms with Gasteiger partial charge >= 0.3 is 0 Å². The summed E-state index contributed by atoms with van der Waals surface area (Å²) in [6.45, 7) is 0. The van der Waals surface area contributed by atoms with E-state index >= 15 is 0 Å². The maximum atomic E-state index is 11.2. The predicted octanol–water partition coefficient (Wildman–Crippen LogP) is -0.756. The van der Waals surface area contributed by atoms with Gasteiger partial charge in [0.2, 0.25) is 0 Å². The Morgan fingerprint density at radius 2 is 1.92 bits per heavy atom. The molecular formula is C8H8N2O3. The molecule has 5 heteroatoms. The van der Waals surface area contributed by atoms with E-state index in [1.165, 1.54) is 4.68 Å². The van der Waals surface area contributed by atoms with Crippen LogP contribution in [-0.4, -0.2) is 27.7 Å². The molecule has 0 bridgehead atoms. The molecular weight excluding hydrogens is 172 g/mol. The molecule has 1 atom stereocenters. The van der Waals surface area contributed by atoms with Crippen LogP contribution in [0.15, 0.2) is 24.5 Å². The fourth-order valence-electron chi connectivity index (χ4n) is 1.30. The minimum absolute atomic E-state index is 0.128. The zero-order valence-electron chi connectivity index (χ0n) is 6.75. The summed E-state index contributed by atoms with van der Waals surface area (Å²) in [5.41, 5.74) is 0. The van der Waals surface area contributed by atoms with Crippen molar-refractivity contribution in [2.45, 2.75) is 12.5 Å². The lowest BCUT2D eigenvalue weighted by Crippen LogP contribution is -2.40. The molecule has 1 aromatic heterocycles. The standard InChI is InChI=1S/C8H8N2O3/c11-6-5-7(12)10(8(6)13)9-3-1-2-4-9/h1-4,6,11H,5H2. The summed E-state index contributed by atoms with van der Waals surface area (Å²) >= 11 is 0. The van der Waals surface area contributed by atoms with Crippen LogP contribution in [0.2, 0.25) is 0 Å². The van der Waals surface area contributed by atoms with E-state index in [9.17, 15) is 9.59 Å². The van der Waals surface area contributed by atoms with Crippen molar-refractivity contribution in [2.75, 3.05) is 5.01 Å². The minimum atomic E-state index is -1.19. The van der Waals surface area contributed by atoms with Crippen LogP contribution in [0.3, 0.4) is 0 Å². The smallest absolute Gasteiger partial charge is 0.277 e. The first-order valence-corrected chi connectivity index (χ1v) is 3.88. The number of hydrogen-bond acceptors (Lipinski definition) is 3. The third-order valence-corrected chi connectivity index (χ3v) is 1.92. The second kappa shape index (κ2) is 2.70. The van der Waals surface area contributed by atoms with Crippen LogP contribution >= 0.6 is 0 Å². The zero-order chi connectivity index (χ0) is 9.42. The van der Waals surface area contributed by atoms with Gasteiger partial charge in [0.25, 0.3) is 11.8 Å². The first-order valence-electron chi connectivity index (χ1n) is 3.88. The van der Waals surface area contributed by atoms with E-state index in [1.807, 2.05) is 0 Å². The van der Waals surface area contributed by atoms with Gasteiger partial charge in [0.1, 0.15) is 6.10 Å². The largest absolute Gasteiger partial charge is 0.383 e. The summed E-state index contributed by atoms with van der Waals surface area (Å²) in [6.07, 6.45) is 1.84. The summed E-state index contributed by atoms with van der Waals surface area (Å²) in [5.74, 6) is -0.949. The van der Waals surface area contributed by atoms with E-state index in [1.54, 1.807) is 24.5 Å². The third kappa shape index (κ3) is 1.13.